The number of para-hydroxylation sites is 1. The molecular formula is C30H30F2N2O7. The SMILES string of the molecule is CC(=O)c1c(O)c(C)c(O)c2c1OC1=CC(=O)/C(=C(/C)NCCCCCC(=O)Nc3c(F)cccc3F)C(=O)C12C. The van der Waals surface area contributed by atoms with Gasteiger partial charge in [0.1, 0.15) is 51.3 Å². The van der Waals surface area contributed by atoms with Gasteiger partial charge >= 0.3 is 0 Å². The fourth-order valence-corrected chi connectivity index (χ4v) is 5.13. The van der Waals surface area contributed by atoms with E-state index in [1.54, 1.807) is 6.92 Å². The highest BCUT2D eigenvalue weighted by Crippen LogP contribution is 2.57. The topological polar surface area (TPSA) is 142 Å². The maximum atomic E-state index is 13.8. The van der Waals surface area contributed by atoms with Gasteiger partial charge in [0.05, 0.1) is 11.1 Å². The summed E-state index contributed by atoms with van der Waals surface area (Å²) >= 11 is 0. The third-order valence-electron chi connectivity index (χ3n) is 7.46. The minimum Gasteiger partial charge on any atom is -0.507 e. The van der Waals surface area contributed by atoms with Crippen LogP contribution in [0.2, 0.25) is 0 Å². The number of ether oxygens (including phenoxy) is 1. The third-order valence-corrected chi connectivity index (χ3v) is 7.46. The van der Waals surface area contributed by atoms with Crippen molar-refractivity contribution in [3.05, 3.63) is 69.6 Å². The number of Topliss-reactive ketones (excluding diaryl/α,β-unsaturated/α-hetero) is 2. The van der Waals surface area contributed by atoms with Gasteiger partial charge in [-0.1, -0.05) is 12.5 Å². The second-order valence-corrected chi connectivity index (χ2v) is 10.3. The number of amides is 1. The van der Waals surface area contributed by atoms with E-state index < -0.39 is 57.5 Å². The summed E-state index contributed by atoms with van der Waals surface area (Å²) in [5, 5.41) is 26.6. The first-order valence-corrected chi connectivity index (χ1v) is 13.1. The van der Waals surface area contributed by atoms with E-state index in [1.807, 2.05) is 0 Å². The van der Waals surface area contributed by atoms with Gasteiger partial charge in [0.2, 0.25) is 5.91 Å². The molecule has 1 atom stereocenters. The van der Waals surface area contributed by atoms with Crippen LogP contribution in [0.3, 0.4) is 0 Å². The minimum absolute atomic E-state index is 0.0119. The summed E-state index contributed by atoms with van der Waals surface area (Å²) in [6, 6.07) is 3.31. The number of benzene rings is 2. The molecule has 4 rings (SSSR count). The smallest absolute Gasteiger partial charge is 0.224 e. The fourth-order valence-electron chi connectivity index (χ4n) is 5.13. The second-order valence-electron chi connectivity index (χ2n) is 10.3. The highest BCUT2D eigenvalue weighted by Gasteiger charge is 2.56. The average molecular weight is 569 g/mol. The molecule has 0 bridgehead atoms. The number of aromatic hydroxyl groups is 2. The molecule has 0 saturated heterocycles. The van der Waals surface area contributed by atoms with E-state index >= 15 is 0 Å². The number of carbonyl (C=O) groups is 4. The number of ketones is 3. The number of anilines is 1. The van der Waals surface area contributed by atoms with Crippen molar-refractivity contribution in [2.24, 2.45) is 0 Å². The van der Waals surface area contributed by atoms with Gasteiger partial charge in [-0.2, -0.15) is 0 Å². The Morgan fingerprint density at radius 1 is 1.02 bits per heavy atom. The van der Waals surface area contributed by atoms with Gasteiger partial charge in [-0.15, -0.1) is 0 Å². The van der Waals surface area contributed by atoms with Crippen molar-refractivity contribution < 1.29 is 42.9 Å². The van der Waals surface area contributed by atoms with Crippen molar-refractivity contribution in [2.75, 3.05) is 11.9 Å². The Morgan fingerprint density at radius 3 is 2.32 bits per heavy atom. The Bertz CT molecular complexity index is 1540. The van der Waals surface area contributed by atoms with E-state index in [9.17, 15) is 38.2 Å². The second kappa shape index (κ2) is 11.1. The molecule has 2 aromatic rings. The Balaban J connectivity index is 1.43. The number of phenolic OH excluding ortho intramolecular Hbond substituents is 2. The van der Waals surface area contributed by atoms with Gasteiger partial charge in [-0.05, 0) is 52.7 Å². The number of nitrogens with one attached hydrogen (secondary N) is 2. The minimum atomic E-state index is -1.60. The normalized spacial score (nSPS) is 18.7. The summed E-state index contributed by atoms with van der Waals surface area (Å²) in [5.74, 6) is -5.06. The summed E-state index contributed by atoms with van der Waals surface area (Å²) in [5.41, 5.74) is -2.06. The van der Waals surface area contributed by atoms with Crippen LogP contribution in [-0.2, 0) is 19.8 Å². The van der Waals surface area contributed by atoms with Gasteiger partial charge in [0, 0.05) is 30.3 Å². The zero-order chi connectivity index (χ0) is 30.2. The molecule has 1 amide bonds. The van der Waals surface area contributed by atoms with Crippen molar-refractivity contribution in [1.29, 1.82) is 0 Å². The summed E-state index contributed by atoms with van der Waals surface area (Å²) < 4.78 is 33.1. The molecule has 1 unspecified atom stereocenters. The number of hydrogen-bond donors (Lipinski definition) is 4. The van der Waals surface area contributed by atoms with Crippen molar-refractivity contribution in [3.63, 3.8) is 0 Å². The van der Waals surface area contributed by atoms with E-state index in [1.165, 1.54) is 26.8 Å². The van der Waals surface area contributed by atoms with Gasteiger partial charge < -0.3 is 25.6 Å². The molecular weight excluding hydrogens is 538 g/mol. The van der Waals surface area contributed by atoms with Crippen LogP contribution < -0.4 is 15.4 Å². The molecule has 1 heterocycles. The van der Waals surface area contributed by atoms with E-state index in [0.29, 0.717) is 31.5 Å². The summed E-state index contributed by atoms with van der Waals surface area (Å²) in [6.45, 7) is 6.06. The van der Waals surface area contributed by atoms with Crippen LogP contribution in [0.5, 0.6) is 17.2 Å². The lowest BCUT2D eigenvalue weighted by Gasteiger charge is -2.29. The number of allylic oxidation sites excluding steroid dienone is 4. The molecule has 0 fully saturated rings. The molecule has 0 radical (unpaired) electrons. The van der Waals surface area contributed by atoms with Crippen LogP contribution in [0.4, 0.5) is 14.5 Å². The van der Waals surface area contributed by atoms with E-state index in [2.05, 4.69) is 10.6 Å². The Labute approximate surface area is 234 Å². The van der Waals surface area contributed by atoms with Crippen LogP contribution in [-0.4, -0.2) is 40.0 Å². The van der Waals surface area contributed by atoms with E-state index in [4.69, 9.17) is 4.74 Å². The van der Waals surface area contributed by atoms with Gasteiger partial charge in [0.25, 0.3) is 0 Å². The predicted molar refractivity (Wildman–Crippen MR) is 145 cm³/mol. The van der Waals surface area contributed by atoms with Crippen molar-refractivity contribution >= 4 is 28.9 Å². The summed E-state index contributed by atoms with van der Waals surface area (Å²) in [6.07, 6.45) is 2.79. The van der Waals surface area contributed by atoms with Gasteiger partial charge in [0.15, 0.2) is 17.3 Å². The zero-order valence-corrected chi connectivity index (χ0v) is 23.0. The lowest BCUT2D eigenvalue weighted by Crippen LogP contribution is -2.41. The lowest BCUT2D eigenvalue weighted by molar-refractivity contribution is -0.123. The van der Waals surface area contributed by atoms with Crippen LogP contribution in [0.15, 0.2) is 41.3 Å². The summed E-state index contributed by atoms with van der Waals surface area (Å²) in [7, 11) is 0. The molecule has 4 N–H and O–H groups in total. The molecule has 1 aliphatic heterocycles. The molecule has 1 aliphatic carbocycles. The first kappa shape index (κ1) is 29.4. The summed E-state index contributed by atoms with van der Waals surface area (Å²) in [4.78, 5) is 51.1. The largest absolute Gasteiger partial charge is 0.507 e. The van der Waals surface area contributed by atoms with E-state index in [0.717, 1.165) is 18.2 Å². The zero-order valence-electron chi connectivity index (χ0n) is 23.0. The van der Waals surface area contributed by atoms with Crippen molar-refractivity contribution in [3.8, 4) is 17.2 Å². The molecule has 0 spiro atoms. The third kappa shape index (κ3) is 5.07. The quantitative estimate of drug-likeness (QED) is 0.148. The van der Waals surface area contributed by atoms with Crippen molar-refractivity contribution in [1.82, 2.24) is 5.32 Å². The first-order chi connectivity index (χ1) is 19.3. The number of unbranched alkanes of at least 4 members (excludes halogenated alkanes) is 2. The van der Waals surface area contributed by atoms with Crippen LogP contribution in [0.1, 0.15) is 67.9 Å². The van der Waals surface area contributed by atoms with Crippen LogP contribution >= 0.6 is 0 Å². The number of rotatable bonds is 9. The fraction of sp³-hybridized carbons (Fsp3) is 0.333. The van der Waals surface area contributed by atoms with Gasteiger partial charge in [-0.3, -0.25) is 19.2 Å². The Kier molecular flexibility index (Phi) is 8.01. The highest BCUT2D eigenvalue weighted by molar-refractivity contribution is 6.31. The number of halogens is 2. The van der Waals surface area contributed by atoms with Gasteiger partial charge in [-0.25, -0.2) is 8.78 Å². The Morgan fingerprint density at radius 2 is 1.68 bits per heavy atom. The number of fused-ring (bicyclic) bond motifs is 3. The molecule has 2 aliphatic rings. The van der Waals surface area contributed by atoms with Crippen LogP contribution in [0.25, 0.3) is 0 Å². The average Bonchev–Trinajstić information content (AvgIpc) is 3.19. The molecule has 2 aromatic carbocycles. The van der Waals surface area contributed by atoms with Crippen molar-refractivity contribution in [2.45, 2.75) is 58.8 Å². The first-order valence-electron chi connectivity index (χ1n) is 13.1. The molecule has 216 valence electrons. The predicted octanol–water partition coefficient (Wildman–Crippen LogP) is 4.64. The molecule has 0 saturated carbocycles. The molecule has 41 heavy (non-hydrogen) atoms. The maximum absolute atomic E-state index is 13.8. The highest BCUT2D eigenvalue weighted by atomic mass is 19.1. The Hall–Kier alpha value is -4.54. The number of carbonyl (C=O) groups excluding carboxylic acids is 4. The number of hydrogen-bond acceptors (Lipinski definition) is 8. The van der Waals surface area contributed by atoms with E-state index in [-0.39, 0.29) is 40.2 Å². The monoisotopic (exact) mass is 568 g/mol. The number of phenols is 2. The standard InChI is InChI=1S/C30H30F2N2O7/c1-14-26(38)23(16(3)35)28-24(27(14)39)30(4)20(41-28)13-19(36)22(29(30)40)15(2)33-12-7-5-6-11-21(37)34-25-17(31)9-8-10-18(25)32/h8-10,13,33,38-39H,5-7,11-12H2,1-4H3,(H,34,37)/b22-15+. The maximum Gasteiger partial charge on any atom is 0.224 e. The molecule has 11 heteroatoms. The molecule has 9 nitrogen and oxygen atoms in total. The lowest BCUT2D eigenvalue weighted by atomic mass is 9.70. The molecule has 0 aromatic heterocycles. The van der Waals surface area contributed by atoms with Crippen LogP contribution in [0, 0.1) is 18.6 Å².